The quantitative estimate of drug-likeness (QED) is 0.838. The molecule has 1 fully saturated rings. The third-order valence-electron chi connectivity index (χ3n) is 4.56. The van der Waals surface area contributed by atoms with E-state index in [9.17, 15) is 9.18 Å². The molecule has 7 heteroatoms. The van der Waals surface area contributed by atoms with E-state index >= 15 is 0 Å². The summed E-state index contributed by atoms with van der Waals surface area (Å²) in [5.74, 6) is -0.341. The van der Waals surface area contributed by atoms with Gasteiger partial charge in [-0.3, -0.25) is 9.69 Å². The summed E-state index contributed by atoms with van der Waals surface area (Å²) in [7, 11) is 0. The van der Waals surface area contributed by atoms with Gasteiger partial charge in [0.25, 0.3) is 0 Å². The average Bonchev–Trinajstić information content (AvgIpc) is 2.61. The van der Waals surface area contributed by atoms with Crippen LogP contribution in [0.4, 0.5) is 15.8 Å². The molecule has 4 nitrogen and oxygen atoms in total. The first-order valence-electron chi connectivity index (χ1n) is 8.44. The maximum Gasteiger partial charge on any atom is 0.241 e. The molecule has 0 aliphatic carbocycles. The van der Waals surface area contributed by atoms with Gasteiger partial charge < -0.3 is 10.2 Å². The molecule has 0 unspecified atom stereocenters. The van der Waals surface area contributed by atoms with Crippen LogP contribution in [-0.4, -0.2) is 43.0 Å². The van der Waals surface area contributed by atoms with Crippen LogP contribution in [0, 0.1) is 5.82 Å². The molecule has 0 radical (unpaired) electrons. The number of carbonyl (C=O) groups is 1. The molecular weight excluding hydrogens is 376 g/mol. The van der Waals surface area contributed by atoms with Gasteiger partial charge in [-0.2, -0.15) is 0 Å². The zero-order valence-corrected chi connectivity index (χ0v) is 15.9. The van der Waals surface area contributed by atoms with Crippen molar-refractivity contribution >= 4 is 40.5 Å². The van der Waals surface area contributed by atoms with Gasteiger partial charge in [-0.15, -0.1) is 0 Å². The molecule has 2 aromatic rings. The molecule has 0 saturated carbocycles. The number of halogens is 3. The fourth-order valence-electron chi connectivity index (χ4n) is 3.10. The number of amides is 1. The Kier molecular flexibility index (Phi) is 6.01. The van der Waals surface area contributed by atoms with Crippen LogP contribution < -0.4 is 10.2 Å². The van der Waals surface area contributed by atoms with Crippen molar-refractivity contribution in [1.29, 1.82) is 0 Å². The zero-order valence-electron chi connectivity index (χ0n) is 14.4. The van der Waals surface area contributed by atoms with Crippen molar-refractivity contribution < 1.29 is 9.18 Å². The second-order valence-corrected chi connectivity index (χ2v) is 7.17. The first kappa shape index (κ1) is 19.0. The smallest absolute Gasteiger partial charge is 0.241 e. The Morgan fingerprint density at radius 2 is 1.69 bits per heavy atom. The van der Waals surface area contributed by atoms with Crippen LogP contribution >= 0.6 is 23.2 Å². The minimum atomic E-state index is -0.310. The van der Waals surface area contributed by atoms with E-state index in [0.717, 1.165) is 0 Å². The summed E-state index contributed by atoms with van der Waals surface area (Å²) in [5, 5.41) is 3.79. The predicted molar refractivity (Wildman–Crippen MR) is 105 cm³/mol. The van der Waals surface area contributed by atoms with Crippen LogP contribution in [0.2, 0.25) is 10.0 Å². The first-order chi connectivity index (χ1) is 12.4. The second-order valence-electron chi connectivity index (χ2n) is 6.30. The highest BCUT2D eigenvalue weighted by Gasteiger charge is 2.26. The summed E-state index contributed by atoms with van der Waals surface area (Å²) in [5.41, 5.74) is 1.18. The fraction of sp³-hybridized carbons (Fsp3) is 0.316. The lowest BCUT2D eigenvalue weighted by atomic mass is 10.2. The lowest BCUT2D eigenvalue weighted by molar-refractivity contribution is -0.120. The molecule has 0 aromatic heterocycles. The molecule has 1 aliphatic heterocycles. The highest BCUT2D eigenvalue weighted by molar-refractivity contribution is 6.35. The van der Waals surface area contributed by atoms with Gasteiger partial charge in [0, 0.05) is 41.9 Å². The zero-order chi connectivity index (χ0) is 18.7. The monoisotopic (exact) mass is 395 g/mol. The number of rotatable bonds is 4. The van der Waals surface area contributed by atoms with E-state index in [4.69, 9.17) is 23.2 Å². The lowest BCUT2D eigenvalue weighted by Crippen LogP contribution is -2.53. The van der Waals surface area contributed by atoms with Gasteiger partial charge in [0.2, 0.25) is 5.91 Å². The SMILES string of the molecule is C[C@H](C(=O)Nc1cc(Cl)cc(Cl)c1)N1CCN(c2ccccc2F)CC1. The number of hydrogen-bond acceptors (Lipinski definition) is 3. The van der Waals surface area contributed by atoms with Gasteiger partial charge in [0.05, 0.1) is 11.7 Å². The standard InChI is InChI=1S/C19H20Cl2FN3O/c1-13(19(26)23-16-11-14(20)10-15(21)12-16)24-6-8-25(9-7-24)18-5-3-2-4-17(18)22/h2-5,10-13H,6-9H2,1H3,(H,23,26)/t13-/m1/s1. The Hall–Kier alpha value is -1.82. The van der Waals surface area contributed by atoms with Gasteiger partial charge in [-0.1, -0.05) is 35.3 Å². The van der Waals surface area contributed by atoms with E-state index in [0.29, 0.717) is 47.6 Å². The Labute approximate surface area is 162 Å². The summed E-state index contributed by atoms with van der Waals surface area (Å²) in [4.78, 5) is 16.6. The summed E-state index contributed by atoms with van der Waals surface area (Å²) in [6.45, 7) is 4.56. The highest BCUT2D eigenvalue weighted by Crippen LogP contribution is 2.24. The molecule has 0 spiro atoms. The molecule has 138 valence electrons. The van der Waals surface area contributed by atoms with E-state index in [1.54, 1.807) is 30.3 Å². The molecule has 1 heterocycles. The van der Waals surface area contributed by atoms with Gasteiger partial charge >= 0.3 is 0 Å². The predicted octanol–water partition coefficient (Wildman–Crippen LogP) is 4.28. The van der Waals surface area contributed by atoms with Gasteiger partial charge in [-0.25, -0.2) is 4.39 Å². The minimum absolute atomic E-state index is 0.123. The van der Waals surface area contributed by atoms with E-state index < -0.39 is 0 Å². The summed E-state index contributed by atoms with van der Waals surface area (Å²) >= 11 is 11.9. The van der Waals surface area contributed by atoms with Crippen molar-refractivity contribution in [2.75, 3.05) is 36.4 Å². The molecule has 3 rings (SSSR count). The minimum Gasteiger partial charge on any atom is -0.367 e. The number of carbonyl (C=O) groups excluding carboxylic acids is 1. The van der Waals surface area contributed by atoms with E-state index in [-0.39, 0.29) is 17.8 Å². The Bertz CT molecular complexity index is 774. The first-order valence-corrected chi connectivity index (χ1v) is 9.20. The van der Waals surface area contributed by atoms with Gasteiger partial charge in [0.1, 0.15) is 5.82 Å². The number of benzene rings is 2. The number of nitrogens with zero attached hydrogens (tertiary/aromatic N) is 2. The largest absolute Gasteiger partial charge is 0.367 e. The molecular formula is C19H20Cl2FN3O. The molecule has 1 amide bonds. The topological polar surface area (TPSA) is 35.6 Å². The highest BCUT2D eigenvalue weighted by atomic mass is 35.5. The van der Waals surface area contributed by atoms with Crippen LogP contribution in [0.3, 0.4) is 0 Å². The maximum absolute atomic E-state index is 13.9. The van der Waals surface area contributed by atoms with Crippen LogP contribution in [-0.2, 0) is 4.79 Å². The molecule has 2 aromatic carbocycles. The van der Waals surface area contributed by atoms with Crippen molar-refractivity contribution in [3.05, 3.63) is 58.3 Å². The molecule has 1 atom stereocenters. The third-order valence-corrected chi connectivity index (χ3v) is 5.00. The Morgan fingerprint density at radius 3 is 2.31 bits per heavy atom. The van der Waals surface area contributed by atoms with Crippen molar-refractivity contribution in [2.45, 2.75) is 13.0 Å². The summed E-state index contributed by atoms with van der Waals surface area (Å²) < 4.78 is 13.9. The van der Waals surface area contributed by atoms with Crippen molar-refractivity contribution in [1.82, 2.24) is 4.90 Å². The van der Waals surface area contributed by atoms with E-state index in [1.807, 2.05) is 17.9 Å². The van der Waals surface area contributed by atoms with Crippen LogP contribution in [0.15, 0.2) is 42.5 Å². The average molecular weight is 396 g/mol. The number of piperazine rings is 1. The van der Waals surface area contributed by atoms with Crippen molar-refractivity contribution in [2.24, 2.45) is 0 Å². The lowest BCUT2D eigenvalue weighted by Gasteiger charge is -2.38. The number of para-hydroxylation sites is 1. The molecule has 1 N–H and O–H groups in total. The Balaban J connectivity index is 1.58. The van der Waals surface area contributed by atoms with Crippen LogP contribution in [0.1, 0.15) is 6.92 Å². The molecule has 1 saturated heterocycles. The normalized spacial score (nSPS) is 16.4. The third kappa shape index (κ3) is 4.47. The van der Waals surface area contributed by atoms with Crippen LogP contribution in [0.5, 0.6) is 0 Å². The Morgan fingerprint density at radius 1 is 1.08 bits per heavy atom. The summed E-state index contributed by atoms with van der Waals surface area (Å²) in [6.07, 6.45) is 0. The number of anilines is 2. The van der Waals surface area contributed by atoms with E-state index in [2.05, 4.69) is 10.2 Å². The second kappa shape index (κ2) is 8.25. The molecule has 0 bridgehead atoms. The van der Waals surface area contributed by atoms with Crippen molar-refractivity contribution in [3.63, 3.8) is 0 Å². The molecule has 1 aliphatic rings. The fourth-order valence-corrected chi connectivity index (χ4v) is 3.62. The maximum atomic E-state index is 13.9. The van der Waals surface area contributed by atoms with Gasteiger partial charge in [-0.05, 0) is 37.3 Å². The van der Waals surface area contributed by atoms with Gasteiger partial charge in [0.15, 0.2) is 0 Å². The van der Waals surface area contributed by atoms with Crippen LogP contribution in [0.25, 0.3) is 0 Å². The summed E-state index contributed by atoms with van der Waals surface area (Å²) in [6, 6.07) is 11.4. The number of nitrogens with one attached hydrogen (secondary N) is 1. The number of hydrogen-bond donors (Lipinski definition) is 1. The molecule has 26 heavy (non-hydrogen) atoms. The van der Waals surface area contributed by atoms with Crippen molar-refractivity contribution in [3.8, 4) is 0 Å². The van der Waals surface area contributed by atoms with E-state index in [1.165, 1.54) is 6.07 Å².